The second kappa shape index (κ2) is 16.5. The maximum absolute atomic E-state index is 9.17. The molecule has 0 fully saturated rings. The number of rotatable bonds is 7. The van der Waals surface area contributed by atoms with Crippen LogP contribution in [0.5, 0.6) is 0 Å². The van der Waals surface area contributed by atoms with Crippen molar-refractivity contribution in [3.63, 3.8) is 0 Å². The highest BCUT2D eigenvalue weighted by atomic mass is 17.2. The Kier molecular flexibility index (Phi) is 23.9. The van der Waals surface area contributed by atoms with Crippen LogP contribution in [0.1, 0.15) is 21.8 Å². The summed E-state index contributed by atoms with van der Waals surface area (Å²) in [4.78, 5) is 8.88. The smallest absolute Gasteiger partial charge is 0.138 e. The summed E-state index contributed by atoms with van der Waals surface area (Å²) in [5.74, 6) is 0. The Morgan fingerprint density at radius 3 is 1.89 bits per heavy atom. The predicted molar refractivity (Wildman–Crippen MR) is 70.5 cm³/mol. The summed E-state index contributed by atoms with van der Waals surface area (Å²) in [6, 6.07) is 0. The van der Waals surface area contributed by atoms with Crippen molar-refractivity contribution in [2.75, 3.05) is 13.2 Å². The molecule has 7 heteroatoms. The van der Waals surface area contributed by atoms with Crippen LogP contribution in [-0.4, -0.2) is 58.2 Å². The lowest BCUT2D eigenvalue weighted by Crippen LogP contribution is -2.42. The van der Waals surface area contributed by atoms with Crippen LogP contribution in [0, 0.1) is 0 Å². The number of aliphatic hydroxyl groups excluding tert-OH is 4. The molecule has 4 atom stereocenters. The second-order valence-corrected chi connectivity index (χ2v) is 2.89. The summed E-state index contributed by atoms with van der Waals surface area (Å²) in [5.41, 5.74) is 5.16. The molecule has 0 rings (SSSR count). The minimum Gasteiger partial charge on any atom is -0.394 e. The molecule has 0 radical (unpaired) electrons. The van der Waals surface area contributed by atoms with Gasteiger partial charge in [-0.1, -0.05) is 14.9 Å². The van der Waals surface area contributed by atoms with Gasteiger partial charge in [-0.2, -0.15) is 0 Å². The first-order valence-corrected chi connectivity index (χ1v) is 4.68. The van der Waals surface area contributed by atoms with Crippen LogP contribution in [0.15, 0.2) is 13.2 Å². The van der Waals surface area contributed by atoms with Crippen LogP contribution >= 0.6 is 0 Å². The van der Waals surface area contributed by atoms with Gasteiger partial charge in [-0.3, -0.25) is 0 Å². The van der Waals surface area contributed by atoms with Crippen molar-refractivity contribution in [1.82, 2.24) is 0 Å². The Balaban J connectivity index is -0.000000232. The standard InChI is InChI=1S/C7H17NO6.C2H4.2CH4/c1-4(8)14-13-3-6(11)7(12)5(10)2-9;1-2;;/h4-7,9-12H,2-3,8H2,1H3;1-2H2;2*1H4. The molecule has 0 saturated carbocycles. The number of aliphatic hydroxyl groups is 4. The molecule has 0 aliphatic carbocycles. The molecule has 0 aromatic carbocycles. The van der Waals surface area contributed by atoms with Crippen LogP contribution in [-0.2, 0) is 9.78 Å². The summed E-state index contributed by atoms with van der Waals surface area (Å²) in [7, 11) is 0. The summed E-state index contributed by atoms with van der Waals surface area (Å²) >= 11 is 0. The first-order valence-electron chi connectivity index (χ1n) is 4.68. The zero-order chi connectivity index (χ0) is 13.1. The van der Waals surface area contributed by atoms with Gasteiger partial charge in [0.15, 0.2) is 0 Å². The molecule has 0 saturated heterocycles. The summed E-state index contributed by atoms with van der Waals surface area (Å²) in [6.07, 6.45) is -4.90. The van der Waals surface area contributed by atoms with E-state index >= 15 is 0 Å². The molecule has 6 N–H and O–H groups in total. The normalized spacial score (nSPS) is 15.9. The summed E-state index contributed by atoms with van der Waals surface area (Å²) in [6.45, 7) is 6.53. The molecule has 0 spiro atoms. The maximum atomic E-state index is 9.17. The largest absolute Gasteiger partial charge is 0.394 e. The molecule has 0 amide bonds. The van der Waals surface area contributed by atoms with E-state index in [1.54, 1.807) is 0 Å². The summed E-state index contributed by atoms with van der Waals surface area (Å²) in [5, 5.41) is 35.7. The lowest BCUT2D eigenvalue weighted by molar-refractivity contribution is -0.333. The third-order valence-corrected chi connectivity index (χ3v) is 1.43. The van der Waals surface area contributed by atoms with Crippen molar-refractivity contribution in [3.05, 3.63) is 13.2 Å². The van der Waals surface area contributed by atoms with Crippen molar-refractivity contribution in [2.24, 2.45) is 5.73 Å². The van der Waals surface area contributed by atoms with E-state index in [2.05, 4.69) is 22.9 Å². The lowest BCUT2D eigenvalue weighted by atomic mass is 10.1. The maximum Gasteiger partial charge on any atom is 0.138 e. The highest BCUT2D eigenvalue weighted by Gasteiger charge is 2.24. The highest BCUT2D eigenvalue weighted by molar-refractivity contribution is 4.73. The van der Waals surface area contributed by atoms with E-state index < -0.39 is 31.1 Å². The fourth-order valence-electron chi connectivity index (χ4n) is 0.679. The minimum atomic E-state index is -1.49. The van der Waals surface area contributed by atoms with Gasteiger partial charge < -0.3 is 26.2 Å². The lowest BCUT2D eigenvalue weighted by Gasteiger charge is -2.21. The van der Waals surface area contributed by atoms with Crippen LogP contribution in [0.3, 0.4) is 0 Å². The van der Waals surface area contributed by atoms with E-state index in [4.69, 9.17) is 26.2 Å². The van der Waals surface area contributed by atoms with E-state index in [0.29, 0.717) is 0 Å². The Labute approximate surface area is 109 Å². The first-order chi connectivity index (χ1) is 7.49. The van der Waals surface area contributed by atoms with Gasteiger partial charge in [0, 0.05) is 0 Å². The van der Waals surface area contributed by atoms with E-state index in [-0.39, 0.29) is 21.5 Å². The fraction of sp³-hybridized carbons (Fsp3) is 0.818. The van der Waals surface area contributed by atoms with Gasteiger partial charge in [-0.15, -0.1) is 13.2 Å². The number of nitrogens with two attached hydrogens (primary N) is 1. The Bertz CT molecular complexity index is 158. The molecule has 0 aromatic heterocycles. The Morgan fingerprint density at radius 2 is 1.56 bits per heavy atom. The molecule has 114 valence electrons. The quantitative estimate of drug-likeness (QED) is 0.181. The molecule has 18 heavy (non-hydrogen) atoms. The highest BCUT2D eigenvalue weighted by Crippen LogP contribution is 2.01. The molecule has 0 heterocycles. The molecular formula is C11H29NO6. The molecule has 0 bridgehead atoms. The molecule has 7 nitrogen and oxygen atoms in total. The molecular weight excluding hydrogens is 242 g/mol. The monoisotopic (exact) mass is 271 g/mol. The van der Waals surface area contributed by atoms with Crippen LogP contribution in [0.4, 0.5) is 0 Å². The summed E-state index contributed by atoms with van der Waals surface area (Å²) < 4.78 is 0. The SMILES string of the molecule is C.C.C=C.CC(N)OOCC(O)C(O)C(O)CO. The average Bonchev–Trinajstić information content (AvgIpc) is 2.29. The van der Waals surface area contributed by atoms with Gasteiger partial charge in [0.25, 0.3) is 0 Å². The van der Waals surface area contributed by atoms with Gasteiger partial charge in [0.05, 0.1) is 6.61 Å². The van der Waals surface area contributed by atoms with E-state index in [1.165, 1.54) is 6.92 Å². The predicted octanol–water partition coefficient (Wildman–Crippen LogP) is -0.611. The molecule has 0 aliphatic heterocycles. The van der Waals surface area contributed by atoms with Crippen LogP contribution in [0.2, 0.25) is 0 Å². The number of hydrogen-bond acceptors (Lipinski definition) is 7. The molecule has 4 unspecified atom stereocenters. The van der Waals surface area contributed by atoms with Crippen molar-refractivity contribution in [3.8, 4) is 0 Å². The van der Waals surface area contributed by atoms with Crippen molar-refractivity contribution < 1.29 is 30.2 Å². The number of hydrogen-bond donors (Lipinski definition) is 5. The molecule has 0 aromatic rings. The zero-order valence-electron chi connectivity index (χ0n) is 9.32. The minimum absolute atomic E-state index is 0. The van der Waals surface area contributed by atoms with E-state index in [0.717, 1.165) is 0 Å². The van der Waals surface area contributed by atoms with Gasteiger partial charge in [-0.25, -0.2) is 9.78 Å². The van der Waals surface area contributed by atoms with Crippen molar-refractivity contribution in [1.29, 1.82) is 0 Å². The third kappa shape index (κ3) is 13.5. The second-order valence-electron chi connectivity index (χ2n) is 2.89. The molecule has 0 aliphatic rings. The van der Waals surface area contributed by atoms with Gasteiger partial charge >= 0.3 is 0 Å². The Morgan fingerprint density at radius 1 is 1.11 bits per heavy atom. The van der Waals surface area contributed by atoms with Crippen LogP contribution < -0.4 is 5.73 Å². The average molecular weight is 271 g/mol. The van der Waals surface area contributed by atoms with Crippen molar-refractivity contribution in [2.45, 2.75) is 46.3 Å². The topological polar surface area (TPSA) is 125 Å². The van der Waals surface area contributed by atoms with Crippen molar-refractivity contribution >= 4 is 0 Å². The zero-order valence-corrected chi connectivity index (χ0v) is 9.32. The van der Waals surface area contributed by atoms with Crippen LogP contribution in [0.25, 0.3) is 0 Å². The van der Waals surface area contributed by atoms with Gasteiger partial charge in [0.1, 0.15) is 31.1 Å². The third-order valence-electron chi connectivity index (χ3n) is 1.43. The van der Waals surface area contributed by atoms with E-state index in [1.807, 2.05) is 0 Å². The first kappa shape index (κ1) is 26.1. The van der Waals surface area contributed by atoms with E-state index in [9.17, 15) is 0 Å². The van der Waals surface area contributed by atoms with Gasteiger partial charge in [0.2, 0.25) is 0 Å². The fourth-order valence-corrected chi connectivity index (χ4v) is 0.679. The Hall–Kier alpha value is -0.540. The van der Waals surface area contributed by atoms with Gasteiger partial charge in [-0.05, 0) is 6.92 Å².